The van der Waals surface area contributed by atoms with Gasteiger partial charge in [0, 0.05) is 38.3 Å². The number of aromatic nitrogens is 2. The van der Waals surface area contributed by atoms with Gasteiger partial charge in [0.25, 0.3) is 0 Å². The summed E-state index contributed by atoms with van der Waals surface area (Å²) in [6.45, 7) is 6.95. The normalized spacial score (nSPS) is 20.6. The summed E-state index contributed by atoms with van der Waals surface area (Å²) in [7, 11) is 0. The second-order valence-electron chi connectivity index (χ2n) is 7.24. The number of carbonyl (C=O) groups excluding carboxylic acids is 1. The van der Waals surface area contributed by atoms with E-state index in [4.69, 9.17) is 10.1 Å². The van der Waals surface area contributed by atoms with Crippen molar-refractivity contribution in [2.24, 2.45) is 4.99 Å². The standard InChI is InChI=1S/C19H32N6O.HI/c1-3-18(26)24-11-9-16(14-24)22-19(20-4-2)21-13-15-10-12-25(23-15)17-7-5-6-8-17;/h10,12,16-17H,3-9,11,13-14H2,1-2H3,(H2,20,21,22);1H. The maximum Gasteiger partial charge on any atom is 0.222 e. The molecule has 2 aliphatic rings. The first-order valence-corrected chi connectivity index (χ1v) is 10.1. The summed E-state index contributed by atoms with van der Waals surface area (Å²) >= 11 is 0. The SMILES string of the molecule is CCNC(=NCc1ccn(C2CCCC2)n1)NC1CCN(C(=O)CC)C1.I. The summed E-state index contributed by atoms with van der Waals surface area (Å²) in [5.41, 5.74) is 1.00. The Kier molecular flexibility index (Phi) is 8.85. The Bertz CT molecular complexity index is 625. The Morgan fingerprint density at radius 1 is 1.30 bits per heavy atom. The number of carbonyl (C=O) groups is 1. The number of hydrogen-bond donors (Lipinski definition) is 2. The van der Waals surface area contributed by atoms with Crippen molar-refractivity contribution >= 4 is 35.8 Å². The molecule has 0 radical (unpaired) electrons. The first-order valence-electron chi connectivity index (χ1n) is 10.1. The molecule has 1 atom stereocenters. The van der Waals surface area contributed by atoms with Crippen LogP contribution >= 0.6 is 24.0 Å². The van der Waals surface area contributed by atoms with Gasteiger partial charge in [-0.15, -0.1) is 24.0 Å². The highest BCUT2D eigenvalue weighted by molar-refractivity contribution is 14.0. The topological polar surface area (TPSA) is 74.6 Å². The van der Waals surface area contributed by atoms with Crippen molar-refractivity contribution < 1.29 is 4.79 Å². The molecule has 1 amide bonds. The summed E-state index contributed by atoms with van der Waals surface area (Å²) in [6, 6.07) is 2.90. The first-order chi connectivity index (χ1) is 12.7. The molecule has 0 aromatic carbocycles. The molecule has 1 aliphatic carbocycles. The maximum atomic E-state index is 11.8. The maximum absolute atomic E-state index is 11.8. The largest absolute Gasteiger partial charge is 0.357 e. The summed E-state index contributed by atoms with van der Waals surface area (Å²) < 4.78 is 2.11. The molecular formula is C19H33IN6O. The van der Waals surface area contributed by atoms with Crippen LogP contribution in [0.2, 0.25) is 0 Å². The van der Waals surface area contributed by atoms with Crippen LogP contribution in [-0.4, -0.2) is 52.2 Å². The van der Waals surface area contributed by atoms with Crippen LogP contribution in [0.5, 0.6) is 0 Å². The number of aliphatic imine (C=N–C) groups is 1. The molecule has 1 aromatic rings. The van der Waals surface area contributed by atoms with Crippen LogP contribution in [0.3, 0.4) is 0 Å². The zero-order valence-corrected chi connectivity index (χ0v) is 18.8. The van der Waals surface area contributed by atoms with Gasteiger partial charge in [0.05, 0.1) is 18.3 Å². The van der Waals surface area contributed by atoms with Crippen LogP contribution in [0.25, 0.3) is 0 Å². The van der Waals surface area contributed by atoms with Gasteiger partial charge in [0.2, 0.25) is 5.91 Å². The van der Waals surface area contributed by atoms with E-state index in [2.05, 4.69) is 34.5 Å². The molecule has 2 heterocycles. The van der Waals surface area contributed by atoms with E-state index in [9.17, 15) is 4.79 Å². The zero-order chi connectivity index (χ0) is 18.4. The van der Waals surface area contributed by atoms with Crippen molar-refractivity contribution in [2.75, 3.05) is 19.6 Å². The molecule has 1 aromatic heterocycles. The number of hydrogen-bond acceptors (Lipinski definition) is 3. The molecule has 1 aliphatic heterocycles. The molecule has 1 unspecified atom stereocenters. The van der Waals surface area contributed by atoms with Crippen molar-refractivity contribution in [3.8, 4) is 0 Å². The molecule has 3 rings (SSSR count). The number of nitrogens with zero attached hydrogens (tertiary/aromatic N) is 4. The second-order valence-corrected chi connectivity index (χ2v) is 7.24. The van der Waals surface area contributed by atoms with E-state index in [0.29, 0.717) is 19.0 Å². The van der Waals surface area contributed by atoms with Crippen LogP contribution in [0.15, 0.2) is 17.3 Å². The summed E-state index contributed by atoms with van der Waals surface area (Å²) in [5.74, 6) is 1.03. The predicted molar refractivity (Wildman–Crippen MR) is 118 cm³/mol. The fourth-order valence-electron chi connectivity index (χ4n) is 3.84. The number of nitrogens with one attached hydrogen (secondary N) is 2. The van der Waals surface area contributed by atoms with Crippen LogP contribution in [0, 0.1) is 0 Å². The average Bonchev–Trinajstić information content (AvgIpc) is 3.39. The minimum absolute atomic E-state index is 0. The first kappa shape index (κ1) is 22.0. The highest BCUT2D eigenvalue weighted by Crippen LogP contribution is 2.28. The molecule has 8 heteroatoms. The van der Waals surface area contributed by atoms with Crippen LogP contribution < -0.4 is 10.6 Å². The number of rotatable bonds is 6. The highest BCUT2D eigenvalue weighted by Gasteiger charge is 2.25. The summed E-state index contributed by atoms with van der Waals surface area (Å²) in [5, 5.41) is 11.5. The van der Waals surface area contributed by atoms with E-state index in [1.807, 2.05) is 11.8 Å². The van der Waals surface area contributed by atoms with E-state index in [1.165, 1.54) is 25.7 Å². The third-order valence-electron chi connectivity index (χ3n) is 5.29. The third kappa shape index (κ3) is 6.08. The summed E-state index contributed by atoms with van der Waals surface area (Å²) in [4.78, 5) is 18.5. The third-order valence-corrected chi connectivity index (χ3v) is 5.29. The monoisotopic (exact) mass is 488 g/mol. The Hall–Kier alpha value is -1.32. The number of guanidine groups is 1. The lowest BCUT2D eigenvalue weighted by Crippen LogP contribution is -2.45. The van der Waals surface area contributed by atoms with Gasteiger partial charge in [0.15, 0.2) is 5.96 Å². The van der Waals surface area contributed by atoms with Gasteiger partial charge < -0.3 is 15.5 Å². The molecule has 0 bridgehead atoms. The van der Waals surface area contributed by atoms with Gasteiger partial charge >= 0.3 is 0 Å². The molecular weight excluding hydrogens is 455 g/mol. The van der Waals surface area contributed by atoms with Gasteiger partial charge in [-0.05, 0) is 32.3 Å². The quantitative estimate of drug-likeness (QED) is 0.367. The molecule has 7 nitrogen and oxygen atoms in total. The van der Waals surface area contributed by atoms with E-state index < -0.39 is 0 Å². The van der Waals surface area contributed by atoms with Crippen molar-refractivity contribution in [3.05, 3.63) is 18.0 Å². The lowest BCUT2D eigenvalue weighted by Gasteiger charge is -2.18. The second kappa shape index (κ2) is 10.9. The Morgan fingerprint density at radius 2 is 2.07 bits per heavy atom. The Labute approximate surface area is 179 Å². The van der Waals surface area contributed by atoms with Crippen LogP contribution in [0.4, 0.5) is 0 Å². The van der Waals surface area contributed by atoms with Crippen LogP contribution in [-0.2, 0) is 11.3 Å². The highest BCUT2D eigenvalue weighted by atomic mass is 127. The molecule has 27 heavy (non-hydrogen) atoms. The number of likely N-dealkylation sites (tertiary alicyclic amines) is 1. The van der Waals surface area contributed by atoms with Gasteiger partial charge in [-0.25, -0.2) is 4.99 Å². The van der Waals surface area contributed by atoms with E-state index in [0.717, 1.165) is 37.7 Å². The van der Waals surface area contributed by atoms with Gasteiger partial charge in [-0.3, -0.25) is 9.48 Å². The molecule has 2 N–H and O–H groups in total. The predicted octanol–water partition coefficient (Wildman–Crippen LogP) is 2.68. The minimum Gasteiger partial charge on any atom is -0.357 e. The van der Waals surface area contributed by atoms with Crippen molar-refractivity contribution in [1.29, 1.82) is 0 Å². The minimum atomic E-state index is 0. The van der Waals surface area contributed by atoms with E-state index in [1.54, 1.807) is 0 Å². The molecule has 152 valence electrons. The van der Waals surface area contributed by atoms with Gasteiger partial charge in [-0.1, -0.05) is 19.8 Å². The molecule has 1 saturated heterocycles. The van der Waals surface area contributed by atoms with Crippen molar-refractivity contribution in [3.63, 3.8) is 0 Å². The van der Waals surface area contributed by atoms with Crippen molar-refractivity contribution in [1.82, 2.24) is 25.3 Å². The van der Waals surface area contributed by atoms with Gasteiger partial charge in [0.1, 0.15) is 0 Å². The molecule has 1 saturated carbocycles. The van der Waals surface area contributed by atoms with E-state index >= 15 is 0 Å². The Balaban J connectivity index is 0.00000261. The van der Waals surface area contributed by atoms with E-state index in [-0.39, 0.29) is 35.9 Å². The fraction of sp³-hybridized carbons (Fsp3) is 0.737. The summed E-state index contributed by atoms with van der Waals surface area (Å²) in [6.07, 6.45) is 8.73. The van der Waals surface area contributed by atoms with Crippen molar-refractivity contribution in [2.45, 2.75) is 71.0 Å². The smallest absolute Gasteiger partial charge is 0.222 e. The fourth-order valence-corrected chi connectivity index (χ4v) is 3.84. The zero-order valence-electron chi connectivity index (χ0n) is 16.5. The lowest BCUT2D eigenvalue weighted by molar-refractivity contribution is -0.129. The number of halogens is 1. The lowest BCUT2D eigenvalue weighted by atomic mass is 10.3. The van der Waals surface area contributed by atoms with Gasteiger partial charge in [-0.2, -0.15) is 5.10 Å². The average molecular weight is 488 g/mol. The van der Waals surface area contributed by atoms with Crippen LogP contribution in [0.1, 0.15) is 64.1 Å². The molecule has 0 spiro atoms. The molecule has 2 fully saturated rings. The number of amides is 1. The Morgan fingerprint density at radius 3 is 2.78 bits per heavy atom.